The van der Waals surface area contributed by atoms with Gasteiger partial charge in [0.05, 0.1) is 10.0 Å². The molecule has 0 heterocycles. The zero-order valence-electron chi connectivity index (χ0n) is 12.7. The summed E-state index contributed by atoms with van der Waals surface area (Å²) in [6.07, 6.45) is 0.994. The highest BCUT2D eigenvalue weighted by Gasteiger charge is 2.15. The van der Waals surface area contributed by atoms with Crippen molar-refractivity contribution in [2.45, 2.75) is 39.3 Å². The molecule has 0 aliphatic carbocycles. The summed E-state index contributed by atoms with van der Waals surface area (Å²) >= 11 is 12.1. The van der Waals surface area contributed by atoms with E-state index in [0.717, 1.165) is 6.42 Å². The number of hydrogen-bond donors (Lipinski definition) is 1. The smallest absolute Gasteiger partial charge is 0.0595 e. The van der Waals surface area contributed by atoms with Crippen LogP contribution in [0, 0.1) is 6.92 Å². The van der Waals surface area contributed by atoms with Crippen LogP contribution in [0.1, 0.15) is 49.0 Å². The zero-order valence-corrected chi connectivity index (χ0v) is 14.2. The van der Waals surface area contributed by atoms with Gasteiger partial charge in [-0.2, -0.15) is 0 Å². The van der Waals surface area contributed by atoms with Gasteiger partial charge < -0.3 is 5.32 Å². The fraction of sp³-hybridized carbons (Fsp3) is 0.333. The molecule has 0 radical (unpaired) electrons. The van der Waals surface area contributed by atoms with E-state index < -0.39 is 0 Å². The standard InChI is InChI=1S/C18H21Cl2N/c1-4-18(14-9-10-16(19)17(20)11-14)21-13(3)15-8-6-5-7-12(15)2/h5-11,13,18,21H,4H2,1-3H3/t13-,18?/m0/s1. The van der Waals surface area contributed by atoms with Crippen molar-refractivity contribution in [3.8, 4) is 0 Å². The van der Waals surface area contributed by atoms with Gasteiger partial charge in [-0.3, -0.25) is 0 Å². The van der Waals surface area contributed by atoms with Gasteiger partial charge in [0.25, 0.3) is 0 Å². The van der Waals surface area contributed by atoms with E-state index in [1.54, 1.807) is 0 Å². The van der Waals surface area contributed by atoms with Crippen LogP contribution in [0.3, 0.4) is 0 Å². The van der Waals surface area contributed by atoms with Crippen LogP contribution in [0.4, 0.5) is 0 Å². The highest BCUT2D eigenvalue weighted by atomic mass is 35.5. The Kier molecular flexibility index (Phi) is 5.69. The molecule has 3 heteroatoms. The predicted octanol–water partition coefficient (Wildman–Crippen LogP) is 6.10. The summed E-state index contributed by atoms with van der Waals surface area (Å²) in [5, 5.41) is 4.89. The lowest BCUT2D eigenvalue weighted by molar-refractivity contribution is 0.455. The molecular formula is C18H21Cl2N. The van der Waals surface area contributed by atoms with E-state index in [-0.39, 0.29) is 12.1 Å². The Morgan fingerprint density at radius 2 is 1.76 bits per heavy atom. The molecule has 0 bridgehead atoms. The molecule has 0 saturated carbocycles. The Labute approximate surface area is 137 Å². The molecule has 0 amide bonds. The Hall–Kier alpha value is -1.02. The van der Waals surface area contributed by atoms with Gasteiger partial charge in [-0.05, 0) is 49.1 Å². The van der Waals surface area contributed by atoms with E-state index in [4.69, 9.17) is 23.2 Å². The second-order valence-corrected chi connectivity index (χ2v) is 6.19. The van der Waals surface area contributed by atoms with Gasteiger partial charge in [-0.15, -0.1) is 0 Å². The van der Waals surface area contributed by atoms with Gasteiger partial charge in [-0.25, -0.2) is 0 Å². The van der Waals surface area contributed by atoms with Crippen LogP contribution in [0.5, 0.6) is 0 Å². The lowest BCUT2D eigenvalue weighted by Gasteiger charge is -2.24. The molecule has 1 nitrogen and oxygen atoms in total. The molecule has 2 rings (SSSR count). The summed E-state index contributed by atoms with van der Waals surface area (Å²) in [7, 11) is 0. The predicted molar refractivity (Wildman–Crippen MR) is 92.2 cm³/mol. The first-order chi connectivity index (χ1) is 10.0. The van der Waals surface area contributed by atoms with Gasteiger partial charge >= 0.3 is 0 Å². The Balaban J connectivity index is 2.19. The van der Waals surface area contributed by atoms with Crippen molar-refractivity contribution in [1.82, 2.24) is 5.32 Å². The maximum Gasteiger partial charge on any atom is 0.0595 e. The molecular weight excluding hydrogens is 301 g/mol. The van der Waals surface area contributed by atoms with Crippen molar-refractivity contribution in [2.75, 3.05) is 0 Å². The maximum atomic E-state index is 6.13. The van der Waals surface area contributed by atoms with Crippen molar-refractivity contribution >= 4 is 23.2 Å². The molecule has 0 saturated heterocycles. The van der Waals surface area contributed by atoms with Crippen LogP contribution < -0.4 is 5.32 Å². The monoisotopic (exact) mass is 321 g/mol. The molecule has 21 heavy (non-hydrogen) atoms. The first kappa shape index (κ1) is 16.4. The third-order valence-corrected chi connectivity index (χ3v) is 4.60. The largest absolute Gasteiger partial charge is 0.303 e. The van der Waals surface area contributed by atoms with Gasteiger partial charge in [0.2, 0.25) is 0 Å². The number of aryl methyl sites for hydroxylation is 1. The van der Waals surface area contributed by atoms with Crippen molar-refractivity contribution < 1.29 is 0 Å². The van der Waals surface area contributed by atoms with E-state index in [1.165, 1.54) is 16.7 Å². The van der Waals surface area contributed by atoms with Crippen LogP contribution in [-0.2, 0) is 0 Å². The zero-order chi connectivity index (χ0) is 15.4. The van der Waals surface area contributed by atoms with Crippen LogP contribution in [-0.4, -0.2) is 0 Å². The first-order valence-corrected chi connectivity index (χ1v) is 8.05. The third-order valence-electron chi connectivity index (χ3n) is 3.86. The highest BCUT2D eigenvalue weighted by Crippen LogP contribution is 2.29. The summed E-state index contributed by atoms with van der Waals surface area (Å²) in [4.78, 5) is 0. The summed E-state index contributed by atoms with van der Waals surface area (Å²) in [6.45, 7) is 6.51. The van der Waals surface area contributed by atoms with Crippen molar-refractivity contribution in [2.24, 2.45) is 0 Å². The Morgan fingerprint density at radius 3 is 2.38 bits per heavy atom. The van der Waals surface area contributed by atoms with Gasteiger partial charge in [-0.1, -0.05) is 60.5 Å². The van der Waals surface area contributed by atoms with Gasteiger partial charge in [0, 0.05) is 12.1 Å². The maximum absolute atomic E-state index is 6.13. The molecule has 0 aliphatic rings. The number of hydrogen-bond acceptors (Lipinski definition) is 1. The quantitative estimate of drug-likeness (QED) is 0.701. The minimum Gasteiger partial charge on any atom is -0.303 e. The van der Waals surface area contributed by atoms with E-state index >= 15 is 0 Å². The number of nitrogens with one attached hydrogen (secondary N) is 1. The number of benzene rings is 2. The van der Waals surface area contributed by atoms with E-state index in [9.17, 15) is 0 Å². The number of rotatable bonds is 5. The summed E-state index contributed by atoms with van der Waals surface area (Å²) in [6, 6.07) is 14.9. The third kappa shape index (κ3) is 4.00. The molecule has 112 valence electrons. The fourth-order valence-electron chi connectivity index (χ4n) is 2.64. The lowest BCUT2D eigenvalue weighted by Crippen LogP contribution is -2.24. The van der Waals surface area contributed by atoms with E-state index in [1.807, 2.05) is 18.2 Å². The molecule has 1 N–H and O–H groups in total. The molecule has 0 spiro atoms. The molecule has 0 aliphatic heterocycles. The van der Waals surface area contributed by atoms with E-state index in [2.05, 4.69) is 50.4 Å². The SMILES string of the molecule is CCC(N[C@@H](C)c1ccccc1C)c1ccc(Cl)c(Cl)c1. The van der Waals surface area contributed by atoms with Crippen molar-refractivity contribution in [3.63, 3.8) is 0 Å². The molecule has 0 fully saturated rings. The average Bonchev–Trinajstić information content (AvgIpc) is 2.48. The minimum absolute atomic E-state index is 0.259. The van der Waals surface area contributed by atoms with Gasteiger partial charge in [0.15, 0.2) is 0 Å². The molecule has 1 unspecified atom stereocenters. The highest BCUT2D eigenvalue weighted by molar-refractivity contribution is 6.42. The summed E-state index contributed by atoms with van der Waals surface area (Å²) in [5.74, 6) is 0. The van der Waals surface area contributed by atoms with Crippen LogP contribution in [0.25, 0.3) is 0 Å². The topological polar surface area (TPSA) is 12.0 Å². The Bertz CT molecular complexity index is 610. The molecule has 0 aromatic heterocycles. The van der Waals surface area contributed by atoms with Crippen molar-refractivity contribution in [3.05, 3.63) is 69.2 Å². The second-order valence-electron chi connectivity index (χ2n) is 5.38. The van der Waals surface area contributed by atoms with Crippen LogP contribution >= 0.6 is 23.2 Å². The first-order valence-electron chi connectivity index (χ1n) is 7.29. The Morgan fingerprint density at radius 1 is 1.05 bits per heavy atom. The van der Waals surface area contributed by atoms with E-state index in [0.29, 0.717) is 10.0 Å². The normalized spacial score (nSPS) is 14.0. The van der Waals surface area contributed by atoms with Crippen molar-refractivity contribution in [1.29, 1.82) is 0 Å². The second kappa shape index (κ2) is 7.31. The van der Waals surface area contributed by atoms with Crippen LogP contribution in [0.2, 0.25) is 10.0 Å². The summed E-state index contributed by atoms with van der Waals surface area (Å²) in [5.41, 5.74) is 3.81. The number of halogens is 2. The lowest BCUT2D eigenvalue weighted by atomic mass is 9.99. The fourth-order valence-corrected chi connectivity index (χ4v) is 2.95. The van der Waals surface area contributed by atoms with Gasteiger partial charge in [0.1, 0.15) is 0 Å². The average molecular weight is 322 g/mol. The minimum atomic E-state index is 0.259. The molecule has 2 aromatic carbocycles. The van der Waals surface area contributed by atoms with Crippen LogP contribution in [0.15, 0.2) is 42.5 Å². The summed E-state index contributed by atoms with van der Waals surface area (Å²) < 4.78 is 0. The molecule has 2 atom stereocenters. The molecule has 2 aromatic rings.